The molecule has 3 saturated heterocycles. The van der Waals surface area contributed by atoms with E-state index in [0.717, 1.165) is 6.07 Å². The van der Waals surface area contributed by atoms with E-state index in [-0.39, 0.29) is 102 Å². The molecule has 1 spiro atoms. The predicted octanol–water partition coefficient (Wildman–Crippen LogP) is 6.42. The molecule has 3 fully saturated rings. The van der Waals surface area contributed by atoms with Gasteiger partial charge in [0.1, 0.15) is 29.4 Å². The molecular weight excluding hydrogens is 922 g/mol. The smallest absolute Gasteiger partial charge is 0.433 e. The molecule has 360 valence electrons. The maximum Gasteiger partial charge on any atom is 0.433 e. The zero-order valence-corrected chi connectivity index (χ0v) is 38.7. The summed E-state index contributed by atoms with van der Waals surface area (Å²) in [5, 5.41) is 11.7. The Kier molecular flexibility index (Phi) is 12.4. The summed E-state index contributed by atoms with van der Waals surface area (Å²) in [6.07, 6.45) is -3.35. The number of carbonyl (C=O) groups is 5. The molecule has 19 heteroatoms. The van der Waals surface area contributed by atoms with Crippen LogP contribution in [0.2, 0.25) is 5.02 Å². The summed E-state index contributed by atoms with van der Waals surface area (Å²) in [5.74, 6) is 2.49. The van der Waals surface area contributed by atoms with E-state index in [0.29, 0.717) is 28.7 Å². The highest BCUT2D eigenvalue weighted by Gasteiger charge is 2.62. The molecular formula is C50H48ClF4N7O7. The lowest BCUT2D eigenvalue weighted by molar-refractivity contribution is -0.141. The fourth-order valence-corrected chi connectivity index (χ4v) is 10.6. The molecule has 5 aliphatic rings. The summed E-state index contributed by atoms with van der Waals surface area (Å²) in [7, 11) is 1.39. The molecule has 4 aromatic rings. The Morgan fingerprint density at radius 2 is 1.87 bits per heavy atom. The summed E-state index contributed by atoms with van der Waals surface area (Å²) >= 11 is 6.36. The number of hydrogen-bond acceptors (Lipinski definition) is 10. The van der Waals surface area contributed by atoms with Gasteiger partial charge >= 0.3 is 6.18 Å². The number of imide groups is 1. The number of benzene rings is 3. The number of alkyl halides is 3. The van der Waals surface area contributed by atoms with Gasteiger partial charge < -0.3 is 35.2 Å². The summed E-state index contributed by atoms with van der Waals surface area (Å²) in [4.78, 5) is 72.9. The number of nitrogens with zero attached hydrogens (tertiary/aromatic N) is 3. The first-order valence-electron chi connectivity index (χ1n) is 22.5. The number of aromatic nitrogens is 1. The fraction of sp³-hybridized carbons (Fsp3) is 0.400. The van der Waals surface area contributed by atoms with E-state index in [2.05, 4.69) is 38.1 Å². The number of piperidine rings is 1. The van der Waals surface area contributed by atoms with Gasteiger partial charge in [-0.25, -0.2) is 4.39 Å². The predicted molar refractivity (Wildman–Crippen MR) is 245 cm³/mol. The van der Waals surface area contributed by atoms with Crippen LogP contribution in [0.15, 0.2) is 66.9 Å². The number of methoxy groups -OCH3 is 1. The van der Waals surface area contributed by atoms with Gasteiger partial charge in [0.05, 0.1) is 37.0 Å². The molecule has 69 heavy (non-hydrogen) atoms. The number of pyridine rings is 1. The lowest BCUT2D eigenvalue weighted by Gasteiger charge is -2.39. The number of fused-ring (bicyclic) bond motifs is 3. The molecule has 14 nitrogen and oxygen atoms in total. The van der Waals surface area contributed by atoms with Crippen molar-refractivity contribution in [2.45, 2.75) is 88.3 Å². The molecule has 1 unspecified atom stereocenters. The van der Waals surface area contributed by atoms with Crippen molar-refractivity contribution in [3.63, 3.8) is 0 Å². The Hall–Kier alpha value is -6.55. The SMILES string of the molecule is COc1cc(C(=O)N2CCO[C@H](C#Cc3ccc4c(c3)CN(C3CCC(=O)NC3=O)C4=O)C2)ccc1NC(=O)[C@@H]1N[C@@H](CC(C)(C)C)[C@@]2(CNc3cc(C(F)(F)F)ncc32)[C@H]1c1cccc(Cl)c1F. The van der Waals surface area contributed by atoms with Gasteiger partial charge in [-0.05, 0) is 77.9 Å². The van der Waals surface area contributed by atoms with Crippen LogP contribution in [0.25, 0.3) is 0 Å². The molecule has 0 radical (unpaired) electrons. The van der Waals surface area contributed by atoms with Crippen LogP contribution in [0.5, 0.6) is 5.75 Å². The zero-order valence-electron chi connectivity index (χ0n) is 38.0. The Balaban J connectivity index is 0.934. The molecule has 4 N–H and O–H groups in total. The van der Waals surface area contributed by atoms with E-state index in [9.17, 15) is 37.1 Å². The molecule has 0 bridgehead atoms. The van der Waals surface area contributed by atoms with E-state index >= 15 is 4.39 Å². The van der Waals surface area contributed by atoms with Crippen LogP contribution in [0.4, 0.5) is 28.9 Å². The Labute approximate surface area is 399 Å². The lowest BCUT2D eigenvalue weighted by Crippen LogP contribution is -2.52. The minimum Gasteiger partial charge on any atom is -0.495 e. The molecule has 1 aromatic heterocycles. The van der Waals surface area contributed by atoms with Crippen molar-refractivity contribution in [2.24, 2.45) is 5.41 Å². The third-order valence-electron chi connectivity index (χ3n) is 13.5. The molecule has 0 saturated carbocycles. The number of carbonyl (C=O) groups excluding carboxylic acids is 5. The largest absolute Gasteiger partial charge is 0.495 e. The second kappa shape index (κ2) is 18.1. The molecule has 0 aliphatic carbocycles. The van der Waals surface area contributed by atoms with Crippen LogP contribution in [0.1, 0.15) is 94.6 Å². The molecule has 3 aromatic carbocycles. The van der Waals surface area contributed by atoms with Crippen LogP contribution in [0.3, 0.4) is 0 Å². The number of halogens is 5. The van der Waals surface area contributed by atoms with E-state index in [1.54, 1.807) is 35.2 Å². The zero-order chi connectivity index (χ0) is 49.2. The van der Waals surface area contributed by atoms with Crippen molar-refractivity contribution < 1.29 is 51.0 Å². The van der Waals surface area contributed by atoms with Crippen molar-refractivity contribution in [2.75, 3.05) is 44.0 Å². The normalized spacial score (nSPS) is 24.3. The first-order valence-corrected chi connectivity index (χ1v) is 22.8. The van der Waals surface area contributed by atoms with Crippen LogP contribution in [-0.2, 0) is 37.3 Å². The van der Waals surface area contributed by atoms with Crippen LogP contribution in [-0.4, -0.2) is 102 Å². The maximum absolute atomic E-state index is 16.3. The number of ether oxygens (including phenoxy) is 2. The maximum atomic E-state index is 16.3. The van der Waals surface area contributed by atoms with E-state index in [4.69, 9.17) is 21.1 Å². The van der Waals surface area contributed by atoms with Crippen LogP contribution < -0.4 is 26.0 Å². The van der Waals surface area contributed by atoms with Crippen molar-refractivity contribution in [3.8, 4) is 17.6 Å². The first kappa shape index (κ1) is 47.5. The summed E-state index contributed by atoms with van der Waals surface area (Å²) < 4.78 is 69.6. The fourth-order valence-electron chi connectivity index (χ4n) is 10.4. The molecule has 6 heterocycles. The minimum atomic E-state index is -4.71. The number of amides is 5. The number of hydrogen-bond donors (Lipinski definition) is 4. The Bertz CT molecular complexity index is 2860. The van der Waals surface area contributed by atoms with Gasteiger partial charge in [0.2, 0.25) is 17.7 Å². The highest BCUT2D eigenvalue weighted by atomic mass is 35.5. The number of rotatable bonds is 7. The third-order valence-corrected chi connectivity index (χ3v) is 13.8. The van der Waals surface area contributed by atoms with Crippen molar-refractivity contribution in [1.82, 2.24) is 25.4 Å². The van der Waals surface area contributed by atoms with Crippen LogP contribution >= 0.6 is 11.6 Å². The number of anilines is 2. The van der Waals surface area contributed by atoms with Crippen molar-refractivity contribution in [3.05, 3.63) is 117 Å². The van der Waals surface area contributed by atoms with Gasteiger partial charge in [0.15, 0.2) is 0 Å². The summed E-state index contributed by atoms with van der Waals surface area (Å²) in [5.41, 5.74) is 0.323. The number of nitrogens with one attached hydrogen (secondary N) is 4. The van der Waals surface area contributed by atoms with Gasteiger partial charge in [0.25, 0.3) is 11.8 Å². The van der Waals surface area contributed by atoms with Crippen molar-refractivity contribution in [1.29, 1.82) is 0 Å². The molecule has 6 atom stereocenters. The van der Waals surface area contributed by atoms with Gasteiger partial charge in [-0.15, -0.1) is 0 Å². The quantitative estimate of drug-likeness (QED) is 0.0922. The summed E-state index contributed by atoms with van der Waals surface area (Å²) in [6.45, 7) is 6.87. The minimum absolute atomic E-state index is 0.0663. The second-order valence-electron chi connectivity index (χ2n) is 19.1. The highest BCUT2D eigenvalue weighted by Crippen LogP contribution is 2.57. The topological polar surface area (TPSA) is 171 Å². The van der Waals surface area contributed by atoms with Gasteiger partial charge in [-0.2, -0.15) is 13.2 Å². The standard InChI is InChI=1S/C50H48ClF4N7O7/c1-48(2,3)21-39-49(25-57-35-20-38(50(53,54)55)56-22-32(35)49)41(31-6-5-7-33(51)42(31)52)43(59-39)45(65)58-34-13-10-27(19-37(34)68-4)46(66)61-16-17-69-29(24-61)11-8-26-9-12-30-28(18-26)23-62(47(30)67)36-14-15-40(63)60-44(36)64/h5-7,9-10,12-13,18-20,22,29,36,39,41,43,57,59H,14-17,21,23-25H2,1-4H3,(H,58,65)(H,60,63,64)/t29-,36?,39+,41+,43-,49+/m1/s1. The van der Waals surface area contributed by atoms with E-state index in [1.807, 2.05) is 20.8 Å². The average molecular weight is 970 g/mol. The monoisotopic (exact) mass is 969 g/mol. The summed E-state index contributed by atoms with van der Waals surface area (Å²) in [6, 6.07) is 12.7. The van der Waals surface area contributed by atoms with Crippen molar-refractivity contribution >= 4 is 52.5 Å². The van der Waals surface area contributed by atoms with Crippen LogP contribution in [0, 0.1) is 23.1 Å². The molecule has 5 amide bonds. The van der Waals surface area contributed by atoms with E-state index in [1.165, 1.54) is 42.5 Å². The molecule has 5 aliphatic heterocycles. The Morgan fingerprint density at radius 3 is 2.61 bits per heavy atom. The van der Waals surface area contributed by atoms with Gasteiger partial charge in [-0.1, -0.05) is 56.3 Å². The Morgan fingerprint density at radius 1 is 1.07 bits per heavy atom. The molecule has 9 rings (SSSR count). The highest BCUT2D eigenvalue weighted by molar-refractivity contribution is 6.30. The third kappa shape index (κ3) is 8.99. The lowest BCUT2D eigenvalue weighted by atomic mass is 9.63. The van der Waals surface area contributed by atoms with Gasteiger partial charge in [-0.3, -0.25) is 34.3 Å². The second-order valence-corrected chi connectivity index (χ2v) is 19.6. The van der Waals surface area contributed by atoms with E-state index < -0.39 is 65.1 Å². The van der Waals surface area contributed by atoms with Gasteiger partial charge in [0, 0.05) is 77.6 Å². The first-order chi connectivity index (χ1) is 32.7. The number of morpholine rings is 1. The average Bonchev–Trinajstić information content (AvgIpc) is 3.96.